The number of carbonyl (C=O) groups excluding carboxylic acids is 2. The van der Waals surface area contributed by atoms with E-state index in [0.29, 0.717) is 30.2 Å². The van der Waals surface area contributed by atoms with Gasteiger partial charge in [0.25, 0.3) is 0 Å². The van der Waals surface area contributed by atoms with E-state index in [9.17, 15) is 9.59 Å². The molecule has 4 rings (SSSR count). The first-order valence-electron chi connectivity index (χ1n) is 13.7. The van der Waals surface area contributed by atoms with Crippen LogP contribution >= 0.6 is 0 Å². The zero-order valence-corrected chi connectivity index (χ0v) is 22.5. The van der Waals surface area contributed by atoms with Crippen molar-refractivity contribution in [1.82, 2.24) is 4.90 Å². The Labute approximate surface area is 215 Å². The van der Waals surface area contributed by atoms with Gasteiger partial charge in [-0.1, -0.05) is 19.3 Å². The summed E-state index contributed by atoms with van der Waals surface area (Å²) in [7, 11) is 4.77. The van der Waals surface area contributed by atoms with Crippen LogP contribution in [0.1, 0.15) is 95.5 Å². The van der Waals surface area contributed by atoms with Gasteiger partial charge in [-0.15, -0.1) is 0 Å². The first kappa shape index (κ1) is 26.6. The largest absolute Gasteiger partial charge is 0.493 e. The predicted octanol–water partition coefficient (Wildman–Crippen LogP) is 5.63. The van der Waals surface area contributed by atoms with Gasteiger partial charge in [-0.3, -0.25) is 4.79 Å². The molecule has 7 nitrogen and oxygen atoms in total. The van der Waals surface area contributed by atoms with Gasteiger partial charge in [0.1, 0.15) is 11.6 Å². The summed E-state index contributed by atoms with van der Waals surface area (Å²) in [6.07, 6.45) is 11.9. The third-order valence-electron chi connectivity index (χ3n) is 8.50. The molecule has 3 aliphatic rings. The number of piperidine rings is 1. The number of carbonyl (C=O) groups is 2. The molecule has 0 radical (unpaired) electrons. The summed E-state index contributed by atoms with van der Waals surface area (Å²) < 4.78 is 22.8. The van der Waals surface area contributed by atoms with Crippen molar-refractivity contribution in [3.8, 4) is 17.2 Å². The molecule has 2 saturated carbocycles. The van der Waals surface area contributed by atoms with Crippen molar-refractivity contribution in [2.24, 2.45) is 5.92 Å². The summed E-state index contributed by atoms with van der Waals surface area (Å²) in [5, 5.41) is 0. The smallest absolute Gasteiger partial charge is 0.329 e. The van der Waals surface area contributed by atoms with Crippen LogP contribution in [0.15, 0.2) is 12.1 Å². The van der Waals surface area contributed by atoms with Crippen LogP contribution in [0.3, 0.4) is 0 Å². The normalized spacial score (nSPS) is 23.1. The lowest BCUT2D eigenvalue weighted by atomic mass is 9.75. The van der Waals surface area contributed by atoms with E-state index in [4.69, 9.17) is 18.9 Å². The Morgan fingerprint density at radius 2 is 1.47 bits per heavy atom. The SMILES string of the molecule is COc1cc(C(C(=O)N2CCCC[C@H]2C(=O)OC2(C)CCCC2)C2CCCCC2)cc(OC)c1OC. The zero-order chi connectivity index (χ0) is 25.7. The minimum Gasteiger partial charge on any atom is -0.493 e. The number of nitrogens with zero attached hydrogens (tertiary/aromatic N) is 1. The first-order valence-corrected chi connectivity index (χ1v) is 13.7. The zero-order valence-electron chi connectivity index (χ0n) is 22.5. The molecule has 0 N–H and O–H groups in total. The quantitative estimate of drug-likeness (QED) is 0.430. The highest BCUT2D eigenvalue weighted by molar-refractivity contribution is 5.89. The van der Waals surface area contributed by atoms with Crippen molar-refractivity contribution < 1.29 is 28.5 Å². The van der Waals surface area contributed by atoms with Crippen LogP contribution in [0.5, 0.6) is 17.2 Å². The summed E-state index contributed by atoms with van der Waals surface area (Å²) in [6, 6.07) is 3.31. The minimum atomic E-state index is -0.517. The van der Waals surface area contributed by atoms with E-state index in [1.54, 1.807) is 21.3 Å². The third kappa shape index (κ3) is 5.60. The molecule has 1 aromatic rings. The molecule has 1 aliphatic heterocycles. The highest BCUT2D eigenvalue weighted by Crippen LogP contribution is 2.45. The van der Waals surface area contributed by atoms with Crippen LogP contribution in [0.4, 0.5) is 0 Å². The van der Waals surface area contributed by atoms with Gasteiger partial charge in [0.2, 0.25) is 11.7 Å². The van der Waals surface area contributed by atoms with Crippen molar-refractivity contribution >= 4 is 11.9 Å². The maximum Gasteiger partial charge on any atom is 0.329 e. The topological polar surface area (TPSA) is 74.3 Å². The van der Waals surface area contributed by atoms with Crippen molar-refractivity contribution in [3.05, 3.63) is 17.7 Å². The van der Waals surface area contributed by atoms with E-state index < -0.39 is 11.6 Å². The average Bonchev–Trinajstić information content (AvgIpc) is 3.34. The van der Waals surface area contributed by atoms with Crippen LogP contribution in [0.2, 0.25) is 0 Å². The molecule has 1 aromatic carbocycles. The lowest BCUT2D eigenvalue weighted by Crippen LogP contribution is -2.52. The van der Waals surface area contributed by atoms with Gasteiger partial charge in [-0.05, 0) is 88.3 Å². The second-order valence-electron chi connectivity index (χ2n) is 11.0. The fourth-order valence-corrected chi connectivity index (χ4v) is 6.52. The Kier molecular flexibility index (Phi) is 8.68. The number of methoxy groups -OCH3 is 3. The molecule has 0 aromatic heterocycles. The molecule has 1 unspecified atom stereocenters. The number of hydrogen-bond acceptors (Lipinski definition) is 6. The van der Waals surface area contributed by atoms with Crippen molar-refractivity contribution in [1.29, 1.82) is 0 Å². The van der Waals surface area contributed by atoms with E-state index in [1.807, 2.05) is 24.0 Å². The number of ether oxygens (including phenoxy) is 4. The van der Waals surface area contributed by atoms with E-state index >= 15 is 0 Å². The van der Waals surface area contributed by atoms with Gasteiger partial charge in [0.05, 0.1) is 27.2 Å². The molecular formula is C29H43NO6. The number of rotatable bonds is 8. The molecule has 0 spiro atoms. The molecule has 7 heteroatoms. The summed E-state index contributed by atoms with van der Waals surface area (Å²) in [5.41, 5.74) is 0.463. The molecule has 2 aliphatic carbocycles. The van der Waals surface area contributed by atoms with Gasteiger partial charge in [0, 0.05) is 6.54 Å². The highest BCUT2D eigenvalue weighted by Gasteiger charge is 2.43. The highest BCUT2D eigenvalue weighted by atomic mass is 16.6. The van der Waals surface area contributed by atoms with Gasteiger partial charge >= 0.3 is 5.97 Å². The standard InChI is InChI=1S/C29H43NO6/c1-29(15-9-10-16-29)36-28(32)22-14-8-11-17-30(22)27(31)25(20-12-6-5-7-13-20)21-18-23(33-2)26(35-4)24(19-21)34-3/h18-20,22,25H,5-17H2,1-4H3/t22-,25?/m0/s1. The Balaban J connectivity index is 1.67. The van der Waals surface area contributed by atoms with Crippen molar-refractivity contribution in [3.63, 3.8) is 0 Å². The molecular weight excluding hydrogens is 458 g/mol. The molecule has 3 fully saturated rings. The molecule has 1 heterocycles. The van der Waals surface area contributed by atoms with Gasteiger partial charge in [-0.2, -0.15) is 0 Å². The Morgan fingerprint density at radius 3 is 2.06 bits per heavy atom. The van der Waals surface area contributed by atoms with E-state index in [1.165, 1.54) is 6.42 Å². The van der Waals surface area contributed by atoms with Crippen molar-refractivity contribution in [2.45, 2.75) is 102 Å². The Hall–Kier alpha value is -2.44. The second-order valence-corrected chi connectivity index (χ2v) is 11.0. The van der Waals surface area contributed by atoms with Gasteiger partial charge in [-0.25, -0.2) is 4.79 Å². The first-order chi connectivity index (χ1) is 17.4. The Bertz CT molecular complexity index is 893. The number of esters is 1. The number of benzene rings is 1. The monoisotopic (exact) mass is 501 g/mol. The van der Waals surface area contributed by atoms with Gasteiger partial charge < -0.3 is 23.8 Å². The van der Waals surface area contributed by atoms with Gasteiger partial charge in [0.15, 0.2) is 11.5 Å². The molecule has 200 valence electrons. The predicted molar refractivity (Wildman–Crippen MR) is 138 cm³/mol. The lowest BCUT2D eigenvalue weighted by molar-refractivity contribution is -0.169. The Morgan fingerprint density at radius 1 is 0.861 bits per heavy atom. The number of likely N-dealkylation sites (tertiary alicyclic amines) is 1. The maximum absolute atomic E-state index is 14.4. The van der Waals surface area contributed by atoms with Crippen LogP contribution < -0.4 is 14.2 Å². The molecule has 2 atom stereocenters. The third-order valence-corrected chi connectivity index (χ3v) is 8.50. The number of hydrogen-bond donors (Lipinski definition) is 0. The molecule has 0 bridgehead atoms. The summed E-state index contributed by atoms with van der Waals surface area (Å²) in [4.78, 5) is 29.6. The molecule has 1 saturated heterocycles. The molecule has 36 heavy (non-hydrogen) atoms. The van der Waals surface area contributed by atoms with E-state index in [-0.39, 0.29) is 23.7 Å². The van der Waals surface area contributed by atoms with Crippen LogP contribution in [0.25, 0.3) is 0 Å². The molecule has 1 amide bonds. The van der Waals surface area contributed by atoms with E-state index in [2.05, 4.69) is 0 Å². The summed E-state index contributed by atoms with van der Waals surface area (Å²) in [6.45, 7) is 2.62. The fraction of sp³-hybridized carbons (Fsp3) is 0.724. The summed E-state index contributed by atoms with van der Waals surface area (Å²) >= 11 is 0. The van der Waals surface area contributed by atoms with Crippen LogP contribution in [-0.2, 0) is 14.3 Å². The second kappa shape index (κ2) is 11.7. The summed E-state index contributed by atoms with van der Waals surface area (Å²) in [5.74, 6) is 1.24. The van der Waals surface area contributed by atoms with Crippen LogP contribution in [0, 0.1) is 5.92 Å². The fourth-order valence-electron chi connectivity index (χ4n) is 6.52. The minimum absolute atomic E-state index is 0.0226. The maximum atomic E-state index is 14.4. The van der Waals surface area contributed by atoms with Crippen molar-refractivity contribution in [2.75, 3.05) is 27.9 Å². The average molecular weight is 502 g/mol. The lowest BCUT2D eigenvalue weighted by Gasteiger charge is -2.40. The van der Waals surface area contributed by atoms with Crippen LogP contribution in [-0.4, -0.2) is 56.3 Å². The van der Waals surface area contributed by atoms with E-state index in [0.717, 1.165) is 69.8 Å². The number of amides is 1.